The summed E-state index contributed by atoms with van der Waals surface area (Å²) in [4.78, 5) is 21.3. The Balaban J connectivity index is 1.87. The molecule has 0 N–H and O–H groups in total. The van der Waals surface area contributed by atoms with E-state index in [1.165, 1.54) is 0 Å². The van der Waals surface area contributed by atoms with Gasteiger partial charge in [-0.05, 0) is 46.1 Å². The molecule has 3 heterocycles. The van der Waals surface area contributed by atoms with Crippen LogP contribution in [0, 0.1) is 13.8 Å². The molecule has 122 valence electrons. The fraction of sp³-hybridized carbons (Fsp3) is 0.471. The van der Waals surface area contributed by atoms with E-state index in [1.54, 1.807) is 0 Å². The fourth-order valence-corrected chi connectivity index (χ4v) is 3.24. The van der Waals surface area contributed by atoms with E-state index in [1.807, 2.05) is 61.9 Å². The van der Waals surface area contributed by atoms with Gasteiger partial charge in [0.05, 0.1) is 18.3 Å². The van der Waals surface area contributed by atoms with Crippen LogP contribution in [0.4, 0.5) is 0 Å². The number of carbonyl (C=O) groups excluding carboxylic acids is 1. The van der Waals surface area contributed by atoms with E-state index in [0.717, 1.165) is 23.6 Å². The molecule has 6 nitrogen and oxygen atoms in total. The summed E-state index contributed by atoms with van der Waals surface area (Å²) in [6.07, 6.45) is 1.81. The summed E-state index contributed by atoms with van der Waals surface area (Å²) in [6.45, 7) is 5.97. The molecule has 0 saturated carbocycles. The Hall–Kier alpha value is -2.21. The fourth-order valence-electron chi connectivity index (χ4n) is 3.24. The lowest BCUT2D eigenvalue weighted by Crippen LogP contribution is -2.44. The number of rotatable bonds is 3. The summed E-state index contributed by atoms with van der Waals surface area (Å²) in [6, 6.07) is 5.90. The van der Waals surface area contributed by atoms with Crippen molar-refractivity contribution in [2.75, 3.05) is 27.2 Å². The summed E-state index contributed by atoms with van der Waals surface area (Å²) >= 11 is 0. The van der Waals surface area contributed by atoms with E-state index in [0.29, 0.717) is 18.7 Å². The topological polar surface area (TPSA) is 54.3 Å². The van der Waals surface area contributed by atoms with Gasteiger partial charge in [0.2, 0.25) is 0 Å². The molecule has 6 heteroatoms. The highest BCUT2D eigenvalue weighted by atomic mass is 16.2. The zero-order valence-corrected chi connectivity index (χ0v) is 14.2. The van der Waals surface area contributed by atoms with Crippen LogP contribution in [-0.2, 0) is 6.54 Å². The second-order valence-corrected chi connectivity index (χ2v) is 6.51. The summed E-state index contributed by atoms with van der Waals surface area (Å²) in [5, 5.41) is 4.43. The second kappa shape index (κ2) is 6.12. The molecule has 0 saturated heterocycles. The predicted molar refractivity (Wildman–Crippen MR) is 88.3 cm³/mol. The van der Waals surface area contributed by atoms with Gasteiger partial charge in [-0.15, -0.1) is 0 Å². The highest BCUT2D eigenvalue weighted by Crippen LogP contribution is 2.22. The zero-order valence-electron chi connectivity index (χ0n) is 14.2. The van der Waals surface area contributed by atoms with Crippen molar-refractivity contribution in [1.82, 2.24) is 24.6 Å². The monoisotopic (exact) mass is 313 g/mol. The minimum atomic E-state index is 0.0646. The Morgan fingerprint density at radius 2 is 2.00 bits per heavy atom. The zero-order chi connectivity index (χ0) is 16.6. The standard InChI is InChI=1S/C17H23N5O/c1-12-7-14(8-13(2)19-12)17(23)21-10-15-5-6-18-22(15)16(11-21)9-20(3)4/h5-8,16H,9-11H2,1-4H3. The molecule has 0 bridgehead atoms. The molecule has 0 aliphatic carbocycles. The normalized spacial score (nSPS) is 17.4. The highest BCUT2D eigenvalue weighted by molar-refractivity contribution is 5.94. The molecule has 1 aliphatic rings. The predicted octanol–water partition coefficient (Wildman–Crippen LogP) is 1.65. The average molecular weight is 313 g/mol. The van der Waals surface area contributed by atoms with Crippen LogP contribution in [0.15, 0.2) is 24.4 Å². The maximum atomic E-state index is 12.9. The van der Waals surface area contributed by atoms with Crippen molar-refractivity contribution < 1.29 is 4.79 Å². The number of hydrogen-bond donors (Lipinski definition) is 0. The molecule has 23 heavy (non-hydrogen) atoms. The van der Waals surface area contributed by atoms with E-state index in [2.05, 4.69) is 15.0 Å². The summed E-state index contributed by atoms with van der Waals surface area (Å²) in [5.41, 5.74) is 3.55. The number of hydrogen-bond acceptors (Lipinski definition) is 4. The van der Waals surface area contributed by atoms with Crippen molar-refractivity contribution in [1.29, 1.82) is 0 Å². The number of nitrogens with zero attached hydrogens (tertiary/aromatic N) is 5. The average Bonchev–Trinajstić information content (AvgIpc) is 2.93. The van der Waals surface area contributed by atoms with Crippen LogP contribution < -0.4 is 0 Å². The van der Waals surface area contributed by atoms with Crippen LogP contribution in [0.25, 0.3) is 0 Å². The van der Waals surface area contributed by atoms with Crippen LogP contribution in [0.1, 0.15) is 33.5 Å². The van der Waals surface area contributed by atoms with E-state index in [4.69, 9.17) is 0 Å². The van der Waals surface area contributed by atoms with E-state index in [9.17, 15) is 4.79 Å². The Kier molecular flexibility index (Phi) is 4.17. The Bertz CT molecular complexity index is 701. The quantitative estimate of drug-likeness (QED) is 0.865. The Morgan fingerprint density at radius 3 is 2.65 bits per heavy atom. The lowest BCUT2D eigenvalue weighted by atomic mass is 10.1. The molecular formula is C17H23N5O. The van der Waals surface area contributed by atoms with E-state index < -0.39 is 0 Å². The first-order valence-electron chi connectivity index (χ1n) is 7.85. The molecule has 3 rings (SSSR count). The van der Waals surface area contributed by atoms with Gasteiger partial charge >= 0.3 is 0 Å². The molecule has 1 atom stereocenters. The third-order valence-electron chi connectivity index (χ3n) is 4.07. The SMILES string of the molecule is Cc1cc(C(=O)N2Cc3ccnn3C(CN(C)C)C2)cc(C)n1. The number of amides is 1. The summed E-state index contributed by atoms with van der Waals surface area (Å²) < 4.78 is 2.05. The third-order valence-corrected chi connectivity index (χ3v) is 4.07. The van der Waals surface area contributed by atoms with Gasteiger partial charge in [0.15, 0.2) is 0 Å². The van der Waals surface area contributed by atoms with Crippen LogP contribution in [0.2, 0.25) is 0 Å². The molecule has 0 spiro atoms. The van der Waals surface area contributed by atoms with Crippen molar-refractivity contribution in [3.8, 4) is 0 Å². The summed E-state index contributed by atoms with van der Waals surface area (Å²) in [7, 11) is 4.08. The third kappa shape index (κ3) is 3.27. The molecule has 0 aromatic carbocycles. The maximum Gasteiger partial charge on any atom is 0.254 e. The number of carbonyl (C=O) groups is 1. The van der Waals surface area contributed by atoms with Crippen LogP contribution in [0.5, 0.6) is 0 Å². The van der Waals surface area contributed by atoms with E-state index in [-0.39, 0.29) is 11.9 Å². The van der Waals surface area contributed by atoms with Gasteiger partial charge in [0, 0.05) is 36.2 Å². The number of aromatic nitrogens is 3. The minimum absolute atomic E-state index is 0.0646. The van der Waals surface area contributed by atoms with Gasteiger partial charge in [0.25, 0.3) is 5.91 Å². The Labute approximate surface area is 136 Å². The number of likely N-dealkylation sites (N-methyl/N-ethyl adjacent to an activating group) is 1. The molecule has 1 unspecified atom stereocenters. The van der Waals surface area contributed by atoms with Gasteiger partial charge in [-0.2, -0.15) is 5.10 Å². The van der Waals surface area contributed by atoms with Crippen LogP contribution >= 0.6 is 0 Å². The van der Waals surface area contributed by atoms with Crippen molar-refractivity contribution in [2.24, 2.45) is 0 Å². The van der Waals surface area contributed by atoms with Crippen LogP contribution in [0.3, 0.4) is 0 Å². The molecule has 2 aromatic heterocycles. The largest absolute Gasteiger partial charge is 0.331 e. The van der Waals surface area contributed by atoms with Gasteiger partial charge in [-0.1, -0.05) is 0 Å². The molecule has 0 radical (unpaired) electrons. The van der Waals surface area contributed by atoms with E-state index >= 15 is 0 Å². The number of pyridine rings is 1. The summed E-state index contributed by atoms with van der Waals surface area (Å²) in [5.74, 6) is 0.0646. The van der Waals surface area contributed by atoms with Crippen molar-refractivity contribution in [3.05, 3.63) is 47.0 Å². The first kappa shape index (κ1) is 15.7. The first-order valence-corrected chi connectivity index (χ1v) is 7.85. The van der Waals surface area contributed by atoms with Gasteiger partial charge in [-0.3, -0.25) is 14.5 Å². The Morgan fingerprint density at radius 1 is 1.30 bits per heavy atom. The van der Waals surface area contributed by atoms with Crippen molar-refractivity contribution in [2.45, 2.75) is 26.4 Å². The molecule has 1 amide bonds. The first-order chi connectivity index (χ1) is 10.9. The van der Waals surface area contributed by atoms with Gasteiger partial charge in [-0.25, -0.2) is 0 Å². The van der Waals surface area contributed by atoms with Crippen molar-refractivity contribution in [3.63, 3.8) is 0 Å². The highest BCUT2D eigenvalue weighted by Gasteiger charge is 2.29. The maximum absolute atomic E-state index is 12.9. The smallest absolute Gasteiger partial charge is 0.254 e. The number of aryl methyl sites for hydroxylation is 2. The minimum Gasteiger partial charge on any atom is -0.331 e. The lowest BCUT2D eigenvalue weighted by molar-refractivity contribution is 0.0652. The molecule has 2 aromatic rings. The van der Waals surface area contributed by atoms with Crippen LogP contribution in [-0.4, -0.2) is 57.7 Å². The number of fused-ring (bicyclic) bond motifs is 1. The van der Waals surface area contributed by atoms with Crippen molar-refractivity contribution >= 4 is 5.91 Å². The molecular weight excluding hydrogens is 290 g/mol. The second-order valence-electron chi connectivity index (χ2n) is 6.51. The van der Waals surface area contributed by atoms with Gasteiger partial charge < -0.3 is 9.80 Å². The molecule has 0 fully saturated rings. The molecule has 1 aliphatic heterocycles. The lowest BCUT2D eigenvalue weighted by Gasteiger charge is -2.35. The van der Waals surface area contributed by atoms with Gasteiger partial charge in [0.1, 0.15) is 0 Å².